The normalized spacial score (nSPS) is 13.9. The van der Waals surface area contributed by atoms with Gasteiger partial charge in [-0.05, 0) is 66.8 Å². The fourth-order valence-electron chi connectivity index (χ4n) is 3.32. The maximum Gasteiger partial charge on any atom is 0.263 e. The second-order valence-corrected chi connectivity index (χ2v) is 8.75. The number of sulfonamides is 1. The molecule has 1 aliphatic rings. The summed E-state index contributed by atoms with van der Waals surface area (Å²) >= 11 is 0. The molecular formula is C21H22N4O2S. The molecule has 0 fully saturated rings. The average molecular weight is 395 g/mol. The molecule has 1 aromatic heterocycles. The highest BCUT2D eigenvalue weighted by atomic mass is 32.2. The molecule has 4 rings (SSSR count). The molecule has 6 nitrogen and oxygen atoms in total. The number of benzene rings is 2. The zero-order chi connectivity index (χ0) is 19.7. The van der Waals surface area contributed by atoms with Crippen molar-refractivity contribution in [3.05, 3.63) is 76.9 Å². The molecule has 3 aromatic rings. The van der Waals surface area contributed by atoms with Crippen LogP contribution in [0, 0.1) is 13.8 Å². The monoisotopic (exact) mass is 394 g/mol. The summed E-state index contributed by atoms with van der Waals surface area (Å²) in [7, 11) is -3.70. The van der Waals surface area contributed by atoms with E-state index in [0.717, 1.165) is 36.5 Å². The van der Waals surface area contributed by atoms with E-state index in [1.807, 2.05) is 19.9 Å². The van der Waals surface area contributed by atoms with Crippen LogP contribution in [-0.2, 0) is 23.0 Å². The molecule has 0 radical (unpaired) electrons. The molecule has 0 saturated heterocycles. The number of anilines is 2. The quantitative estimate of drug-likeness (QED) is 0.733. The summed E-state index contributed by atoms with van der Waals surface area (Å²) in [5, 5.41) is 8.31. The van der Waals surface area contributed by atoms with Crippen LogP contribution in [0.1, 0.15) is 22.3 Å². The van der Waals surface area contributed by atoms with Gasteiger partial charge in [-0.1, -0.05) is 30.3 Å². The van der Waals surface area contributed by atoms with E-state index in [1.54, 1.807) is 30.3 Å². The molecule has 144 valence electrons. The number of nitrogens with one attached hydrogen (secondary N) is 1. The van der Waals surface area contributed by atoms with Crippen molar-refractivity contribution in [2.24, 2.45) is 0 Å². The summed E-state index contributed by atoms with van der Waals surface area (Å²) in [6.45, 7) is 5.47. The van der Waals surface area contributed by atoms with Gasteiger partial charge in [-0.2, -0.15) is 0 Å². The summed E-state index contributed by atoms with van der Waals surface area (Å²) in [6.07, 6.45) is 0.957. The van der Waals surface area contributed by atoms with Crippen LogP contribution in [0.3, 0.4) is 0 Å². The zero-order valence-corrected chi connectivity index (χ0v) is 16.7. The number of hydrogen-bond donors (Lipinski definition) is 1. The molecule has 0 spiro atoms. The van der Waals surface area contributed by atoms with E-state index in [9.17, 15) is 8.42 Å². The van der Waals surface area contributed by atoms with Crippen LogP contribution in [0.25, 0.3) is 0 Å². The van der Waals surface area contributed by atoms with Gasteiger partial charge < -0.3 is 4.90 Å². The van der Waals surface area contributed by atoms with Crippen LogP contribution in [0.15, 0.2) is 59.5 Å². The van der Waals surface area contributed by atoms with E-state index in [0.29, 0.717) is 0 Å². The molecule has 2 aromatic carbocycles. The zero-order valence-electron chi connectivity index (χ0n) is 15.9. The maximum absolute atomic E-state index is 12.6. The first-order chi connectivity index (χ1) is 13.4. The minimum Gasteiger partial charge on any atom is -0.350 e. The van der Waals surface area contributed by atoms with E-state index in [-0.39, 0.29) is 10.7 Å². The van der Waals surface area contributed by atoms with Crippen molar-refractivity contribution in [1.29, 1.82) is 0 Å². The van der Waals surface area contributed by atoms with Crippen molar-refractivity contribution in [3.8, 4) is 0 Å². The summed E-state index contributed by atoms with van der Waals surface area (Å²) in [5.41, 5.74) is 4.63. The van der Waals surface area contributed by atoms with E-state index >= 15 is 0 Å². The van der Waals surface area contributed by atoms with Crippen LogP contribution in [0.4, 0.5) is 11.6 Å². The molecule has 1 N–H and O–H groups in total. The van der Waals surface area contributed by atoms with E-state index < -0.39 is 10.0 Å². The summed E-state index contributed by atoms with van der Waals surface area (Å²) < 4.78 is 27.7. The fourth-order valence-corrected chi connectivity index (χ4v) is 4.40. The Morgan fingerprint density at radius 1 is 0.929 bits per heavy atom. The maximum atomic E-state index is 12.6. The highest BCUT2D eigenvalue weighted by molar-refractivity contribution is 7.92. The first-order valence-electron chi connectivity index (χ1n) is 9.18. The molecule has 0 unspecified atom stereocenters. The third-order valence-corrected chi connectivity index (χ3v) is 6.49. The number of hydrogen-bond acceptors (Lipinski definition) is 5. The second-order valence-electron chi connectivity index (χ2n) is 7.07. The molecule has 7 heteroatoms. The predicted octanol–water partition coefficient (Wildman–Crippen LogP) is 3.46. The predicted molar refractivity (Wildman–Crippen MR) is 110 cm³/mol. The molecule has 0 amide bonds. The van der Waals surface area contributed by atoms with Crippen molar-refractivity contribution >= 4 is 21.7 Å². The Kier molecular flexibility index (Phi) is 4.77. The molecule has 28 heavy (non-hydrogen) atoms. The summed E-state index contributed by atoms with van der Waals surface area (Å²) in [4.78, 5) is 2.37. The lowest BCUT2D eigenvalue weighted by Gasteiger charge is -2.29. The number of rotatable bonds is 4. The minimum atomic E-state index is -3.70. The van der Waals surface area contributed by atoms with Gasteiger partial charge in [0.2, 0.25) is 0 Å². The lowest BCUT2D eigenvalue weighted by atomic mass is 10.00. The van der Waals surface area contributed by atoms with Gasteiger partial charge in [-0.25, -0.2) is 8.42 Å². The van der Waals surface area contributed by atoms with Crippen molar-refractivity contribution in [2.45, 2.75) is 31.7 Å². The molecule has 0 saturated carbocycles. The average Bonchev–Trinajstić information content (AvgIpc) is 2.70. The fraction of sp³-hybridized carbons (Fsp3) is 0.238. The number of nitrogens with zero attached hydrogens (tertiary/aromatic N) is 3. The molecule has 0 bridgehead atoms. The van der Waals surface area contributed by atoms with Crippen LogP contribution >= 0.6 is 0 Å². The SMILES string of the molecule is Cc1ccc(S(=O)(=O)Nc2ccc(N3CCc4ccccc4C3)nn2)cc1C. The number of aromatic nitrogens is 2. The van der Waals surface area contributed by atoms with Crippen molar-refractivity contribution in [2.75, 3.05) is 16.2 Å². The van der Waals surface area contributed by atoms with Crippen LogP contribution < -0.4 is 9.62 Å². The van der Waals surface area contributed by atoms with Gasteiger partial charge in [-0.3, -0.25) is 4.72 Å². The molecule has 1 aliphatic heterocycles. The van der Waals surface area contributed by atoms with Crippen molar-refractivity contribution < 1.29 is 8.42 Å². The van der Waals surface area contributed by atoms with Gasteiger partial charge in [0.05, 0.1) is 4.90 Å². The van der Waals surface area contributed by atoms with Crippen molar-refractivity contribution in [3.63, 3.8) is 0 Å². The third-order valence-electron chi connectivity index (χ3n) is 5.13. The van der Waals surface area contributed by atoms with E-state index in [2.05, 4.69) is 38.0 Å². The Morgan fingerprint density at radius 2 is 1.71 bits per heavy atom. The Morgan fingerprint density at radius 3 is 2.43 bits per heavy atom. The molecule has 0 atom stereocenters. The van der Waals surface area contributed by atoms with Crippen LogP contribution in [0.2, 0.25) is 0 Å². The third kappa shape index (κ3) is 3.71. The van der Waals surface area contributed by atoms with Crippen LogP contribution in [-0.4, -0.2) is 25.2 Å². The Hall–Kier alpha value is -2.93. The summed E-state index contributed by atoms with van der Waals surface area (Å²) in [5.74, 6) is 0.947. The second kappa shape index (κ2) is 7.24. The van der Waals surface area contributed by atoms with E-state index in [4.69, 9.17) is 0 Å². The van der Waals surface area contributed by atoms with Crippen molar-refractivity contribution in [1.82, 2.24) is 10.2 Å². The first kappa shape index (κ1) is 18.4. The lowest BCUT2D eigenvalue weighted by molar-refractivity contribution is 0.600. The highest BCUT2D eigenvalue weighted by Gasteiger charge is 2.19. The van der Waals surface area contributed by atoms with Crippen LogP contribution in [0.5, 0.6) is 0 Å². The number of fused-ring (bicyclic) bond motifs is 1. The Balaban J connectivity index is 1.50. The van der Waals surface area contributed by atoms with Gasteiger partial charge >= 0.3 is 0 Å². The Labute approximate surface area is 165 Å². The minimum absolute atomic E-state index is 0.208. The van der Waals surface area contributed by atoms with Gasteiger partial charge in [0.15, 0.2) is 11.6 Å². The van der Waals surface area contributed by atoms with Gasteiger partial charge in [0, 0.05) is 13.1 Å². The molecule has 2 heterocycles. The van der Waals surface area contributed by atoms with Gasteiger partial charge in [-0.15, -0.1) is 10.2 Å². The topological polar surface area (TPSA) is 75.2 Å². The van der Waals surface area contributed by atoms with E-state index in [1.165, 1.54) is 11.1 Å². The molecular weight excluding hydrogens is 372 g/mol. The highest BCUT2D eigenvalue weighted by Crippen LogP contribution is 2.23. The lowest BCUT2D eigenvalue weighted by Crippen LogP contribution is -2.31. The molecule has 0 aliphatic carbocycles. The Bertz CT molecular complexity index is 1110. The smallest absolute Gasteiger partial charge is 0.263 e. The number of aryl methyl sites for hydroxylation is 2. The van der Waals surface area contributed by atoms with Gasteiger partial charge in [0.1, 0.15) is 0 Å². The first-order valence-corrected chi connectivity index (χ1v) is 10.7. The van der Waals surface area contributed by atoms with Gasteiger partial charge in [0.25, 0.3) is 10.0 Å². The largest absolute Gasteiger partial charge is 0.350 e. The summed E-state index contributed by atoms with van der Waals surface area (Å²) in [6, 6.07) is 16.9. The standard InChI is InChI=1S/C21H22N4O2S/c1-15-7-8-19(13-16(15)2)28(26,27)24-20-9-10-21(23-22-20)25-12-11-17-5-3-4-6-18(17)14-25/h3-10,13H,11-12,14H2,1-2H3,(H,22,24).